The van der Waals surface area contributed by atoms with Gasteiger partial charge in [-0.3, -0.25) is 0 Å². The van der Waals surface area contributed by atoms with Crippen molar-refractivity contribution in [3.63, 3.8) is 0 Å². The quantitative estimate of drug-likeness (QED) is 0.719. The van der Waals surface area contributed by atoms with Gasteiger partial charge in [0.2, 0.25) is 0 Å². The maximum atomic E-state index is 6.06. The first-order valence-corrected chi connectivity index (χ1v) is 8.15. The molecule has 0 aliphatic carbocycles. The standard InChI is InChI=1S/C20H20N2O2/c1-20(2)23-14-19(24-20)18-13-17(15-9-5-3-6-10-15)21-22(18)16-11-7-4-8-12-16/h3-13,19H,14H2,1-2H3/t19-/m1/s1. The van der Waals surface area contributed by atoms with E-state index in [4.69, 9.17) is 14.6 Å². The van der Waals surface area contributed by atoms with Crippen molar-refractivity contribution in [2.75, 3.05) is 6.61 Å². The van der Waals surface area contributed by atoms with E-state index in [2.05, 4.69) is 18.2 Å². The Balaban J connectivity index is 1.80. The molecule has 4 nitrogen and oxygen atoms in total. The monoisotopic (exact) mass is 320 g/mol. The van der Waals surface area contributed by atoms with Crippen molar-refractivity contribution in [2.45, 2.75) is 25.7 Å². The highest BCUT2D eigenvalue weighted by Gasteiger charge is 2.36. The summed E-state index contributed by atoms with van der Waals surface area (Å²) in [4.78, 5) is 0. The number of ether oxygens (including phenoxy) is 2. The van der Waals surface area contributed by atoms with Crippen LogP contribution >= 0.6 is 0 Å². The lowest BCUT2D eigenvalue weighted by Gasteiger charge is -2.17. The Morgan fingerprint density at radius 3 is 2.29 bits per heavy atom. The fraction of sp³-hybridized carbons (Fsp3) is 0.250. The van der Waals surface area contributed by atoms with E-state index in [9.17, 15) is 0 Å². The predicted octanol–water partition coefficient (Wildman–Crippen LogP) is 4.36. The highest BCUT2D eigenvalue weighted by atomic mass is 16.7. The molecule has 2 aromatic carbocycles. The van der Waals surface area contributed by atoms with Crippen LogP contribution in [0, 0.1) is 0 Å². The summed E-state index contributed by atoms with van der Waals surface area (Å²) in [6, 6.07) is 22.4. The van der Waals surface area contributed by atoms with E-state index in [-0.39, 0.29) is 6.10 Å². The number of nitrogens with zero attached hydrogens (tertiary/aromatic N) is 2. The van der Waals surface area contributed by atoms with Gasteiger partial charge in [-0.1, -0.05) is 48.5 Å². The van der Waals surface area contributed by atoms with Crippen LogP contribution in [0.5, 0.6) is 0 Å². The van der Waals surface area contributed by atoms with Gasteiger partial charge in [0, 0.05) is 5.56 Å². The van der Waals surface area contributed by atoms with Crippen molar-refractivity contribution < 1.29 is 9.47 Å². The molecule has 0 N–H and O–H groups in total. The molecule has 0 saturated carbocycles. The van der Waals surface area contributed by atoms with Crippen molar-refractivity contribution >= 4 is 0 Å². The number of benzene rings is 2. The third-order valence-corrected chi connectivity index (χ3v) is 4.15. The van der Waals surface area contributed by atoms with E-state index in [1.807, 2.05) is 67.1 Å². The Bertz CT molecular complexity index is 825. The lowest BCUT2D eigenvalue weighted by atomic mass is 10.1. The second-order valence-electron chi connectivity index (χ2n) is 6.39. The van der Waals surface area contributed by atoms with Gasteiger partial charge in [-0.05, 0) is 32.0 Å². The number of rotatable bonds is 3. The molecule has 1 fully saturated rings. The molecule has 122 valence electrons. The molecule has 0 unspecified atom stereocenters. The Kier molecular flexibility index (Phi) is 3.71. The van der Waals surface area contributed by atoms with Gasteiger partial charge in [0.1, 0.15) is 6.10 Å². The van der Waals surface area contributed by atoms with Crippen LogP contribution in [0.1, 0.15) is 25.6 Å². The van der Waals surface area contributed by atoms with Crippen LogP contribution in [-0.4, -0.2) is 22.2 Å². The topological polar surface area (TPSA) is 36.3 Å². The Morgan fingerprint density at radius 2 is 1.67 bits per heavy atom. The second kappa shape index (κ2) is 5.89. The third-order valence-electron chi connectivity index (χ3n) is 4.15. The van der Waals surface area contributed by atoms with E-state index in [0.29, 0.717) is 6.61 Å². The summed E-state index contributed by atoms with van der Waals surface area (Å²) in [5.41, 5.74) is 4.04. The van der Waals surface area contributed by atoms with Crippen molar-refractivity contribution in [3.05, 3.63) is 72.4 Å². The van der Waals surface area contributed by atoms with Crippen molar-refractivity contribution in [3.8, 4) is 16.9 Å². The first-order chi connectivity index (χ1) is 11.6. The van der Waals surface area contributed by atoms with Crippen LogP contribution < -0.4 is 0 Å². The van der Waals surface area contributed by atoms with Crippen molar-refractivity contribution in [1.82, 2.24) is 9.78 Å². The molecular weight excluding hydrogens is 300 g/mol. The van der Waals surface area contributed by atoms with E-state index in [0.717, 1.165) is 22.6 Å². The molecule has 24 heavy (non-hydrogen) atoms. The number of hydrogen-bond donors (Lipinski definition) is 0. The zero-order chi connectivity index (χ0) is 16.6. The van der Waals surface area contributed by atoms with Gasteiger partial charge in [-0.2, -0.15) is 5.10 Å². The fourth-order valence-electron chi connectivity index (χ4n) is 2.98. The maximum Gasteiger partial charge on any atom is 0.163 e. The Morgan fingerprint density at radius 1 is 1.00 bits per heavy atom. The van der Waals surface area contributed by atoms with Crippen LogP contribution in [-0.2, 0) is 9.47 Å². The van der Waals surface area contributed by atoms with E-state index >= 15 is 0 Å². The van der Waals surface area contributed by atoms with Crippen LogP contribution in [0.3, 0.4) is 0 Å². The van der Waals surface area contributed by atoms with E-state index in [1.165, 1.54) is 0 Å². The molecule has 4 rings (SSSR count). The number of para-hydroxylation sites is 1. The summed E-state index contributed by atoms with van der Waals surface area (Å²) < 4.78 is 13.8. The average molecular weight is 320 g/mol. The molecule has 1 aliphatic rings. The van der Waals surface area contributed by atoms with Crippen LogP contribution in [0.25, 0.3) is 16.9 Å². The molecule has 1 atom stereocenters. The lowest BCUT2D eigenvalue weighted by Crippen LogP contribution is -2.20. The Hall–Kier alpha value is -2.43. The summed E-state index contributed by atoms with van der Waals surface area (Å²) >= 11 is 0. The summed E-state index contributed by atoms with van der Waals surface area (Å²) in [5, 5.41) is 4.82. The second-order valence-corrected chi connectivity index (χ2v) is 6.39. The zero-order valence-corrected chi connectivity index (χ0v) is 13.8. The van der Waals surface area contributed by atoms with Crippen molar-refractivity contribution in [1.29, 1.82) is 0 Å². The fourth-order valence-corrected chi connectivity index (χ4v) is 2.98. The van der Waals surface area contributed by atoms with Gasteiger partial charge in [0.15, 0.2) is 5.79 Å². The molecule has 4 heteroatoms. The normalized spacial score (nSPS) is 19.5. The summed E-state index contributed by atoms with van der Waals surface area (Å²) in [6.07, 6.45) is -0.134. The van der Waals surface area contributed by atoms with Gasteiger partial charge < -0.3 is 9.47 Å². The smallest absolute Gasteiger partial charge is 0.163 e. The summed E-state index contributed by atoms with van der Waals surface area (Å²) in [5.74, 6) is -0.566. The number of aromatic nitrogens is 2. The predicted molar refractivity (Wildman–Crippen MR) is 92.9 cm³/mol. The molecule has 1 aliphatic heterocycles. The average Bonchev–Trinajstić information content (AvgIpc) is 3.20. The van der Waals surface area contributed by atoms with E-state index in [1.54, 1.807) is 0 Å². The first-order valence-electron chi connectivity index (χ1n) is 8.15. The van der Waals surface area contributed by atoms with Gasteiger partial charge >= 0.3 is 0 Å². The summed E-state index contributed by atoms with van der Waals surface area (Å²) in [7, 11) is 0. The molecule has 2 heterocycles. The van der Waals surface area contributed by atoms with Gasteiger partial charge in [-0.25, -0.2) is 4.68 Å². The lowest BCUT2D eigenvalue weighted by molar-refractivity contribution is -0.139. The minimum atomic E-state index is -0.566. The molecule has 0 radical (unpaired) electrons. The van der Waals surface area contributed by atoms with Crippen molar-refractivity contribution in [2.24, 2.45) is 0 Å². The van der Waals surface area contributed by atoms with E-state index < -0.39 is 5.79 Å². The molecular formula is C20H20N2O2. The molecule has 0 spiro atoms. The third kappa shape index (κ3) is 2.86. The first kappa shape index (κ1) is 15.1. The SMILES string of the molecule is CC1(C)OC[C@H](c2cc(-c3ccccc3)nn2-c2ccccc2)O1. The molecule has 1 saturated heterocycles. The van der Waals surface area contributed by atoms with Gasteiger partial charge in [0.25, 0.3) is 0 Å². The van der Waals surface area contributed by atoms with Gasteiger partial charge in [0.05, 0.1) is 23.7 Å². The molecule has 1 aromatic heterocycles. The van der Waals surface area contributed by atoms with Gasteiger partial charge in [-0.15, -0.1) is 0 Å². The molecule has 0 amide bonds. The van der Waals surface area contributed by atoms with Crippen LogP contribution in [0.2, 0.25) is 0 Å². The zero-order valence-electron chi connectivity index (χ0n) is 13.8. The highest BCUT2D eigenvalue weighted by molar-refractivity contribution is 5.60. The van der Waals surface area contributed by atoms with Crippen LogP contribution in [0.4, 0.5) is 0 Å². The highest BCUT2D eigenvalue weighted by Crippen LogP contribution is 2.35. The maximum absolute atomic E-state index is 6.06. The largest absolute Gasteiger partial charge is 0.347 e. The summed E-state index contributed by atoms with van der Waals surface area (Å²) in [6.45, 7) is 4.41. The van der Waals surface area contributed by atoms with Crippen LogP contribution in [0.15, 0.2) is 66.7 Å². The number of hydrogen-bond acceptors (Lipinski definition) is 3. The Labute approximate surface area is 141 Å². The minimum Gasteiger partial charge on any atom is -0.347 e. The molecule has 0 bridgehead atoms. The molecule has 3 aromatic rings. The minimum absolute atomic E-state index is 0.134.